The third kappa shape index (κ3) is 1.47. The summed E-state index contributed by atoms with van der Waals surface area (Å²) in [5.41, 5.74) is 0. The number of halogens is 3. The zero-order chi connectivity index (χ0) is 7.78. The monoisotopic (exact) mass is 229 g/mol. The van der Waals surface area contributed by atoms with Gasteiger partial charge in [0.25, 0.3) is 6.43 Å². The average Bonchev–Trinajstić information content (AvgIpc) is 1.57. The lowest BCUT2D eigenvalue weighted by Gasteiger charge is -2.37. The van der Waals surface area contributed by atoms with E-state index in [9.17, 15) is 8.78 Å². The van der Waals surface area contributed by atoms with Gasteiger partial charge in [0.15, 0.2) is 0 Å². The van der Waals surface area contributed by atoms with Gasteiger partial charge in [0, 0.05) is 0 Å². The van der Waals surface area contributed by atoms with Crippen molar-refractivity contribution >= 4 is 27.7 Å². The van der Waals surface area contributed by atoms with Gasteiger partial charge < -0.3 is 0 Å². The molecular formula is C6H8BrF2S. The maximum absolute atomic E-state index is 12.2. The summed E-state index contributed by atoms with van der Waals surface area (Å²) in [6.45, 7) is 3.44. The van der Waals surface area contributed by atoms with E-state index in [2.05, 4.69) is 22.9 Å². The fourth-order valence-electron chi connectivity index (χ4n) is 0.691. The molecule has 1 aliphatic heterocycles. The molecule has 0 bridgehead atoms. The van der Waals surface area contributed by atoms with Gasteiger partial charge in [0.1, 0.15) is 0 Å². The van der Waals surface area contributed by atoms with Gasteiger partial charge in [0.05, 0.1) is 4.32 Å². The lowest BCUT2D eigenvalue weighted by Crippen LogP contribution is -2.43. The number of alkyl halides is 3. The summed E-state index contributed by atoms with van der Waals surface area (Å²) in [5, 5.41) is 0. The molecular weight excluding hydrogens is 222 g/mol. The first-order valence-corrected chi connectivity index (χ1v) is 4.90. The molecule has 1 unspecified atom stereocenters. The molecule has 0 N–H and O–H groups in total. The van der Waals surface area contributed by atoms with Gasteiger partial charge in [-0.1, -0.05) is 15.9 Å². The highest BCUT2D eigenvalue weighted by molar-refractivity contribution is 9.10. The molecule has 0 aromatic carbocycles. The Kier molecular flexibility index (Phi) is 2.61. The van der Waals surface area contributed by atoms with Crippen LogP contribution in [0.5, 0.6) is 0 Å². The Labute approximate surface area is 71.9 Å². The Bertz CT molecular complexity index is 123. The van der Waals surface area contributed by atoms with Gasteiger partial charge >= 0.3 is 0 Å². The van der Waals surface area contributed by atoms with E-state index in [-0.39, 0.29) is 5.92 Å². The topological polar surface area (TPSA) is 0 Å². The fraction of sp³-hybridized carbons (Fsp3) is 0.833. The molecule has 1 fully saturated rings. The van der Waals surface area contributed by atoms with Crippen LogP contribution in [-0.4, -0.2) is 22.3 Å². The van der Waals surface area contributed by atoms with Crippen molar-refractivity contribution in [3.8, 4) is 0 Å². The van der Waals surface area contributed by atoms with E-state index in [1.807, 2.05) is 0 Å². The van der Waals surface area contributed by atoms with Crippen LogP contribution in [-0.2, 0) is 0 Å². The number of hydrogen-bond acceptors (Lipinski definition) is 1. The van der Waals surface area contributed by atoms with Gasteiger partial charge in [-0.15, -0.1) is 0 Å². The molecule has 4 heteroatoms. The lowest BCUT2D eigenvalue weighted by molar-refractivity contribution is 0.0994. The fourth-order valence-corrected chi connectivity index (χ4v) is 2.51. The first kappa shape index (κ1) is 8.78. The van der Waals surface area contributed by atoms with Crippen molar-refractivity contribution < 1.29 is 8.78 Å². The summed E-state index contributed by atoms with van der Waals surface area (Å²) < 4.78 is 23.1. The van der Waals surface area contributed by atoms with Gasteiger partial charge in [-0.3, -0.25) is 0 Å². The van der Waals surface area contributed by atoms with E-state index in [0.29, 0.717) is 0 Å². The summed E-state index contributed by atoms with van der Waals surface area (Å²) in [4.78, 5) is 0. The summed E-state index contributed by atoms with van der Waals surface area (Å²) in [7, 11) is 0. The van der Waals surface area contributed by atoms with Crippen molar-refractivity contribution in [3.05, 3.63) is 6.92 Å². The standard InChI is InChI=1S/C6H8BrF2S/c1-6(7,5(8)9)4-2-10-3-4/h4-5H,1-3H2. The van der Waals surface area contributed by atoms with E-state index in [1.165, 1.54) is 0 Å². The minimum Gasteiger partial charge on any atom is -0.209 e. The summed E-state index contributed by atoms with van der Waals surface area (Å²) >= 11 is 4.63. The second kappa shape index (κ2) is 2.97. The number of thioether (sulfide) groups is 1. The van der Waals surface area contributed by atoms with E-state index in [4.69, 9.17) is 0 Å². The van der Waals surface area contributed by atoms with Crippen LogP contribution < -0.4 is 0 Å². The Morgan fingerprint density at radius 1 is 1.60 bits per heavy atom. The third-order valence-electron chi connectivity index (χ3n) is 1.68. The lowest BCUT2D eigenvalue weighted by atomic mass is 9.97. The second-order valence-corrected chi connectivity index (χ2v) is 5.01. The van der Waals surface area contributed by atoms with Crippen molar-refractivity contribution in [3.63, 3.8) is 0 Å². The van der Waals surface area contributed by atoms with E-state index >= 15 is 0 Å². The zero-order valence-electron chi connectivity index (χ0n) is 5.32. The molecule has 1 atom stereocenters. The smallest absolute Gasteiger partial charge is 0.209 e. The molecule has 0 spiro atoms. The molecule has 10 heavy (non-hydrogen) atoms. The van der Waals surface area contributed by atoms with E-state index in [1.54, 1.807) is 11.8 Å². The Hall–Kier alpha value is 0.690. The molecule has 1 rings (SSSR count). The maximum Gasteiger partial charge on any atom is 0.254 e. The van der Waals surface area contributed by atoms with Crippen molar-refractivity contribution in [2.75, 3.05) is 11.5 Å². The van der Waals surface area contributed by atoms with Gasteiger partial charge in [-0.05, 0) is 24.3 Å². The van der Waals surface area contributed by atoms with Crippen molar-refractivity contribution in [2.45, 2.75) is 10.7 Å². The minimum atomic E-state index is -2.36. The predicted octanol–water partition coefficient (Wildman–Crippen LogP) is 2.58. The van der Waals surface area contributed by atoms with Gasteiger partial charge in [0.2, 0.25) is 0 Å². The predicted molar refractivity (Wildman–Crippen MR) is 43.8 cm³/mol. The van der Waals surface area contributed by atoms with Crippen LogP contribution in [0.4, 0.5) is 8.78 Å². The van der Waals surface area contributed by atoms with Crippen LogP contribution >= 0.6 is 27.7 Å². The van der Waals surface area contributed by atoms with Crippen LogP contribution in [0.15, 0.2) is 0 Å². The molecule has 0 nitrogen and oxygen atoms in total. The summed E-state index contributed by atoms with van der Waals surface area (Å²) in [5.74, 6) is 1.65. The van der Waals surface area contributed by atoms with Crippen LogP contribution in [0.2, 0.25) is 0 Å². The molecule has 0 aliphatic carbocycles. The highest BCUT2D eigenvalue weighted by atomic mass is 79.9. The Balaban J connectivity index is 2.48. The van der Waals surface area contributed by atoms with Gasteiger partial charge in [-0.25, -0.2) is 8.78 Å². The van der Waals surface area contributed by atoms with Crippen molar-refractivity contribution in [1.29, 1.82) is 0 Å². The first-order chi connectivity index (χ1) is 4.55. The molecule has 1 heterocycles. The quantitative estimate of drug-likeness (QED) is 0.657. The van der Waals surface area contributed by atoms with Crippen molar-refractivity contribution in [1.82, 2.24) is 0 Å². The highest BCUT2D eigenvalue weighted by Crippen LogP contribution is 2.42. The molecule has 0 amide bonds. The van der Waals surface area contributed by atoms with Gasteiger partial charge in [-0.2, -0.15) is 11.8 Å². The molecule has 0 aromatic rings. The van der Waals surface area contributed by atoms with Crippen LogP contribution in [0, 0.1) is 12.8 Å². The number of hydrogen-bond donors (Lipinski definition) is 0. The molecule has 0 aromatic heterocycles. The Morgan fingerprint density at radius 2 is 2.10 bits per heavy atom. The van der Waals surface area contributed by atoms with Crippen molar-refractivity contribution in [2.24, 2.45) is 5.92 Å². The van der Waals surface area contributed by atoms with Crippen LogP contribution in [0.1, 0.15) is 0 Å². The second-order valence-electron chi connectivity index (χ2n) is 2.46. The number of rotatable bonds is 2. The maximum atomic E-state index is 12.2. The third-order valence-corrected chi connectivity index (χ3v) is 3.95. The average molecular weight is 230 g/mol. The molecule has 0 saturated carbocycles. The van der Waals surface area contributed by atoms with E-state index < -0.39 is 10.7 Å². The normalized spacial score (nSPS) is 26.1. The molecule has 59 valence electrons. The van der Waals surface area contributed by atoms with Crippen LogP contribution in [0.25, 0.3) is 0 Å². The molecule has 1 saturated heterocycles. The zero-order valence-corrected chi connectivity index (χ0v) is 7.72. The van der Waals surface area contributed by atoms with Crippen LogP contribution in [0.3, 0.4) is 0 Å². The highest BCUT2D eigenvalue weighted by Gasteiger charge is 2.43. The largest absolute Gasteiger partial charge is 0.254 e. The minimum absolute atomic E-state index is 0.0394. The molecule has 1 radical (unpaired) electrons. The van der Waals surface area contributed by atoms with E-state index in [0.717, 1.165) is 11.5 Å². The molecule has 1 aliphatic rings. The SMILES string of the molecule is [CH2]C(Br)(C(F)F)C1CSC1. The summed E-state index contributed by atoms with van der Waals surface area (Å²) in [6, 6.07) is 0. The first-order valence-electron chi connectivity index (χ1n) is 2.95. The summed E-state index contributed by atoms with van der Waals surface area (Å²) in [6.07, 6.45) is -2.36. The Morgan fingerprint density at radius 3 is 2.20 bits per heavy atom.